The zero-order chi connectivity index (χ0) is 11.1. The average Bonchev–Trinajstić information content (AvgIpc) is 2.27. The molecule has 15 heavy (non-hydrogen) atoms. The molecule has 0 saturated heterocycles. The lowest BCUT2D eigenvalue weighted by Crippen LogP contribution is -2.15. The molecule has 1 aromatic rings. The summed E-state index contributed by atoms with van der Waals surface area (Å²) in [6.45, 7) is 3.72. The molecule has 0 aliphatic carbocycles. The number of rotatable bonds is 4. The van der Waals surface area contributed by atoms with E-state index in [1.807, 2.05) is 30.3 Å². The number of esters is 1. The number of ether oxygens (including phenoxy) is 1. The summed E-state index contributed by atoms with van der Waals surface area (Å²) in [7, 11) is 0. The fraction of sp³-hybridized carbons (Fsp3) is 0.273. The van der Waals surface area contributed by atoms with Crippen molar-refractivity contribution in [3.63, 3.8) is 0 Å². The van der Waals surface area contributed by atoms with Crippen molar-refractivity contribution in [3.8, 4) is 0 Å². The number of hydrogen-bond acceptors (Lipinski definition) is 4. The van der Waals surface area contributed by atoms with Crippen LogP contribution in [0.4, 0.5) is 5.69 Å². The fourth-order valence-electron chi connectivity index (χ4n) is 0.942. The third-order valence-corrected chi connectivity index (χ3v) is 1.70. The minimum absolute atomic E-state index is 0.306. The largest absolute Gasteiger partial charge is 0.461 e. The van der Waals surface area contributed by atoms with Crippen molar-refractivity contribution < 1.29 is 9.53 Å². The molecule has 0 radical (unpaired) electrons. The molecule has 0 aliphatic heterocycles. The van der Waals surface area contributed by atoms with Crippen LogP contribution < -0.4 is 5.43 Å². The van der Waals surface area contributed by atoms with Crippen LogP contribution in [0.15, 0.2) is 35.4 Å². The van der Waals surface area contributed by atoms with E-state index in [1.165, 1.54) is 0 Å². The summed E-state index contributed by atoms with van der Waals surface area (Å²) in [5.41, 5.74) is 3.91. The maximum absolute atomic E-state index is 11.2. The van der Waals surface area contributed by atoms with E-state index in [2.05, 4.69) is 10.5 Å². The maximum atomic E-state index is 11.2. The molecule has 0 heterocycles. The van der Waals surface area contributed by atoms with Gasteiger partial charge in [0.2, 0.25) is 0 Å². The van der Waals surface area contributed by atoms with Crippen LogP contribution in [0, 0.1) is 0 Å². The van der Waals surface area contributed by atoms with E-state index >= 15 is 0 Å². The van der Waals surface area contributed by atoms with Crippen molar-refractivity contribution in [3.05, 3.63) is 30.3 Å². The van der Waals surface area contributed by atoms with Gasteiger partial charge in [-0.1, -0.05) is 18.2 Å². The van der Waals surface area contributed by atoms with Crippen molar-refractivity contribution in [1.29, 1.82) is 0 Å². The topological polar surface area (TPSA) is 50.7 Å². The van der Waals surface area contributed by atoms with Crippen LogP contribution in [0.5, 0.6) is 0 Å². The molecule has 1 rings (SSSR count). The SMILES string of the molecule is CCOC(=O)/C(C)=N\Nc1ccccc1. The summed E-state index contributed by atoms with van der Waals surface area (Å²) in [5, 5.41) is 3.91. The summed E-state index contributed by atoms with van der Waals surface area (Å²) in [4.78, 5) is 11.2. The van der Waals surface area contributed by atoms with Crippen LogP contribution in [0.2, 0.25) is 0 Å². The number of benzene rings is 1. The number of hydrazone groups is 1. The van der Waals surface area contributed by atoms with Crippen molar-refractivity contribution in [2.45, 2.75) is 13.8 Å². The van der Waals surface area contributed by atoms with Crippen LogP contribution in [-0.4, -0.2) is 18.3 Å². The molecule has 0 aromatic heterocycles. The van der Waals surface area contributed by atoms with Crippen molar-refractivity contribution in [2.75, 3.05) is 12.0 Å². The molecule has 0 saturated carbocycles. The Bertz CT molecular complexity index is 347. The minimum atomic E-state index is -0.402. The van der Waals surface area contributed by atoms with Crippen LogP contribution in [0.1, 0.15) is 13.8 Å². The average molecular weight is 206 g/mol. The molecule has 4 nitrogen and oxygen atoms in total. The summed E-state index contributed by atoms with van der Waals surface area (Å²) < 4.78 is 4.78. The first-order valence-electron chi connectivity index (χ1n) is 4.76. The second-order valence-electron chi connectivity index (χ2n) is 2.90. The first-order chi connectivity index (χ1) is 7.24. The van der Waals surface area contributed by atoms with Gasteiger partial charge in [0.1, 0.15) is 5.71 Å². The molecule has 0 unspecified atom stereocenters. The fourth-order valence-corrected chi connectivity index (χ4v) is 0.942. The number of para-hydroxylation sites is 1. The Labute approximate surface area is 88.9 Å². The van der Waals surface area contributed by atoms with Gasteiger partial charge in [0.25, 0.3) is 0 Å². The Kier molecular flexibility index (Phi) is 4.34. The highest BCUT2D eigenvalue weighted by Gasteiger charge is 2.05. The minimum Gasteiger partial charge on any atom is -0.461 e. The van der Waals surface area contributed by atoms with Crippen molar-refractivity contribution >= 4 is 17.4 Å². The van der Waals surface area contributed by atoms with E-state index in [-0.39, 0.29) is 0 Å². The number of carbonyl (C=O) groups is 1. The van der Waals surface area contributed by atoms with E-state index in [0.717, 1.165) is 5.69 Å². The second-order valence-corrected chi connectivity index (χ2v) is 2.90. The Morgan fingerprint density at radius 2 is 2.07 bits per heavy atom. The molecule has 0 spiro atoms. The highest BCUT2D eigenvalue weighted by atomic mass is 16.5. The third-order valence-electron chi connectivity index (χ3n) is 1.70. The molecule has 4 heteroatoms. The van der Waals surface area contributed by atoms with Gasteiger partial charge in [-0.05, 0) is 26.0 Å². The lowest BCUT2D eigenvalue weighted by atomic mass is 10.3. The van der Waals surface area contributed by atoms with E-state index in [1.54, 1.807) is 13.8 Å². The smallest absolute Gasteiger partial charge is 0.354 e. The molecule has 0 bridgehead atoms. The predicted octanol–water partition coefficient (Wildman–Crippen LogP) is 2.04. The molecule has 0 aliphatic rings. The van der Waals surface area contributed by atoms with Crippen LogP contribution in [0.25, 0.3) is 0 Å². The number of hydrogen-bond donors (Lipinski definition) is 1. The maximum Gasteiger partial charge on any atom is 0.354 e. The molecule has 0 fully saturated rings. The number of anilines is 1. The van der Waals surface area contributed by atoms with Gasteiger partial charge >= 0.3 is 5.97 Å². The molecule has 1 aromatic carbocycles. The van der Waals surface area contributed by atoms with Gasteiger partial charge in [-0.15, -0.1) is 0 Å². The van der Waals surface area contributed by atoms with Gasteiger partial charge in [0.05, 0.1) is 12.3 Å². The highest BCUT2D eigenvalue weighted by molar-refractivity contribution is 6.35. The zero-order valence-corrected chi connectivity index (χ0v) is 8.86. The lowest BCUT2D eigenvalue weighted by molar-refractivity contribution is -0.135. The van der Waals surface area contributed by atoms with Gasteiger partial charge in [-0.2, -0.15) is 5.10 Å². The van der Waals surface area contributed by atoms with E-state index in [9.17, 15) is 4.79 Å². The van der Waals surface area contributed by atoms with E-state index in [0.29, 0.717) is 12.3 Å². The van der Waals surface area contributed by atoms with Crippen molar-refractivity contribution in [2.24, 2.45) is 5.10 Å². The zero-order valence-electron chi connectivity index (χ0n) is 8.86. The third kappa shape index (κ3) is 3.81. The quantitative estimate of drug-likeness (QED) is 0.466. The number of nitrogens with zero attached hydrogens (tertiary/aromatic N) is 1. The standard InChI is InChI=1S/C11H14N2O2/c1-3-15-11(14)9(2)12-13-10-7-5-4-6-8-10/h4-8,13H,3H2,1-2H3/b12-9-. The first kappa shape index (κ1) is 11.2. The van der Waals surface area contributed by atoms with Gasteiger partial charge in [-0.25, -0.2) is 4.79 Å². The summed E-state index contributed by atoms with van der Waals surface area (Å²) >= 11 is 0. The van der Waals surface area contributed by atoms with Gasteiger partial charge in [0, 0.05) is 0 Å². The van der Waals surface area contributed by atoms with Crippen LogP contribution >= 0.6 is 0 Å². The number of nitrogens with one attached hydrogen (secondary N) is 1. The summed E-state index contributed by atoms with van der Waals surface area (Å²) in [5.74, 6) is -0.402. The van der Waals surface area contributed by atoms with Crippen LogP contribution in [-0.2, 0) is 9.53 Å². The Morgan fingerprint density at radius 1 is 1.40 bits per heavy atom. The lowest BCUT2D eigenvalue weighted by Gasteiger charge is -2.02. The number of carbonyl (C=O) groups excluding carboxylic acids is 1. The predicted molar refractivity (Wildman–Crippen MR) is 59.8 cm³/mol. The Morgan fingerprint density at radius 3 is 2.67 bits per heavy atom. The van der Waals surface area contributed by atoms with Gasteiger partial charge in [0.15, 0.2) is 0 Å². The molecule has 0 atom stereocenters. The molecular formula is C11H14N2O2. The van der Waals surface area contributed by atoms with E-state index < -0.39 is 5.97 Å². The monoisotopic (exact) mass is 206 g/mol. The molecular weight excluding hydrogens is 192 g/mol. The Hall–Kier alpha value is -1.84. The second kappa shape index (κ2) is 5.80. The molecule has 0 amide bonds. The summed E-state index contributed by atoms with van der Waals surface area (Å²) in [6.07, 6.45) is 0. The molecule has 80 valence electrons. The first-order valence-corrected chi connectivity index (χ1v) is 4.76. The highest BCUT2D eigenvalue weighted by Crippen LogP contribution is 2.04. The van der Waals surface area contributed by atoms with E-state index in [4.69, 9.17) is 4.74 Å². The van der Waals surface area contributed by atoms with Gasteiger partial charge < -0.3 is 4.74 Å². The van der Waals surface area contributed by atoms with Crippen LogP contribution in [0.3, 0.4) is 0 Å². The Balaban J connectivity index is 2.54. The molecule has 1 N–H and O–H groups in total. The van der Waals surface area contributed by atoms with Gasteiger partial charge in [-0.3, -0.25) is 5.43 Å². The summed E-state index contributed by atoms with van der Waals surface area (Å²) in [6, 6.07) is 9.41. The van der Waals surface area contributed by atoms with Crippen molar-refractivity contribution in [1.82, 2.24) is 0 Å². The normalized spacial score (nSPS) is 10.9.